The second-order valence-electron chi connectivity index (χ2n) is 8.60. The van der Waals surface area contributed by atoms with Crippen molar-refractivity contribution in [3.05, 3.63) is 41.0 Å². The molecule has 7 heteroatoms. The number of benzene rings is 2. The first kappa shape index (κ1) is 21.8. The maximum atomic E-state index is 6.52. The highest BCUT2D eigenvalue weighted by molar-refractivity contribution is 5.96. The Morgan fingerprint density at radius 3 is 2.33 bits per heavy atom. The average molecular weight is 455 g/mol. The van der Waals surface area contributed by atoms with Gasteiger partial charge in [0.05, 0.1) is 32.5 Å². The lowest BCUT2D eigenvalue weighted by Crippen LogP contribution is -2.39. The second kappa shape index (κ2) is 7.76. The Labute approximate surface area is 194 Å². The Morgan fingerprint density at radius 2 is 1.64 bits per heavy atom. The fraction of sp³-hybridized carbons (Fsp3) is 0.462. The quantitative estimate of drug-likeness (QED) is 0.604. The Balaban J connectivity index is 0.00000111. The summed E-state index contributed by atoms with van der Waals surface area (Å²) in [6.45, 7) is 8.45. The largest absolute Gasteiger partial charge is 0.496 e. The number of hydrogen-bond donors (Lipinski definition) is 0. The number of methoxy groups -OCH3 is 3. The van der Waals surface area contributed by atoms with Crippen LogP contribution in [0.2, 0.25) is 0 Å². The zero-order valence-corrected chi connectivity index (χ0v) is 20.1. The molecule has 2 aromatic carbocycles. The van der Waals surface area contributed by atoms with Crippen molar-refractivity contribution in [2.45, 2.75) is 51.6 Å². The molecule has 4 aliphatic rings. The van der Waals surface area contributed by atoms with Crippen LogP contribution in [0.5, 0.6) is 28.7 Å². The zero-order valence-electron chi connectivity index (χ0n) is 20.1. The van der Waals surface area contributed by atoms with Gasteiger partial charge < -0.3 is 33.2 Å². The molecule has 176 valence electrons. The van der Waals surface area contributed by atoms with E-state index >= 15 is 0 Å². The summed E-state index contributed by atoms with van der Waals surface area (Å²) in [5.41, 5.74) is 3.27. The lowest BCUT2D eigenvalue weighted by atomic mass is 9.87. The topological polar surface area (TPSA) is 67.9 Å². The summed E-state index contributed by atoms with van der Waals surface area (Å²) >= 11 is 0. The van der Waals surface area contributed by atoms with Crippen LogP contribution in [-0.2, 0) is 9.47 Å². The molecule has 6 rings (SSSR count). The molecule has 0 spiro atoms. The maximum Gasteiger partial charge on any atom is 0.164 e. The zero-order chi connectivity index (χ0) is 23.5. The number of rotatable bonds is 3. The van der Waals surface area contributed by atoms with Gasteiger partial charge in [-0.3, -0.25) is 0 Å². The number of ether oxygens (including phenoxy) is 7. The van der Waals surface area contributed by atoms with Gasteiger partial charge in [-0.2, -0.15) is 0 Å². The SMILES string of the molecule is CC.COC1=C2c3cc(OC)c(OC)cc3OC[C@H]2Oc2c1ccc1c2C2OC2C(C)(C)O1. The van der Waals surface area contributed by atoms with Gasteiger partial charge in [0.25, 0.3) is 0 Å². The molecule has 0 N–H and O–H groups in total. The van der Waals surface area contributed by atoms with Crippen LogP contribution in [-0.4, -0.2) is 45.7 Å². The van der Waals surface area contributed by atoms with E-state index in [1.807, 2.05) is 52.0 Å². The molecule has 0 bridgehead atoms. The molecule has 0 aromatic heterocycles. The van der Waals surface area contributed by atoms with Gasteiger partial charge >= 0.3 is 0 Å². The van der Waals surface area contributed by atoms with Crippen LogP contribution < -0.4 is 23.7 Å². The van der Waals surface area contributed by atoms with E-state index in [2.05, 4.69) is 0 Å². The highest BCUT2D eigenvalue weighted by Gasteiger charge is 2.58. The van der Waals surface area contributed by atoms with E-state index in [1.54, 1.807) is 21.3 Å². The van der Waals surface area contributed by atoms with Crippen LogP contribution in [0.4, 0.5) is 0 Å². The molecule has 0 saturated carbocycles. The Bertz CT molecular complexity index is 1130. The third-order valence-electron chi connectivity index (χ3n) is 6.43. The van der Waals surface area contributed by atoms with E-state index in [4.69, 9.17) is 33.2 Å². The predicted molar refractivity (Wildman–Crippen MR) is 123 cm³/mol. The van der Waals surface area contributed by atoms with E-state index in [-0.39, 0.29) is 23.9 Å². The van der Waals surface area contributed by atoms with Gasteiger partial charge in [0, 0.05) is 17.2 Å². The maximum absolute atomic E-state index is 6.52. The fourth-order valence-corrected chi connectivity index (χ4v) is 4.93. The summed E-state index contributed by atoms with van der Waals surface area (Å²) in [6, 6.07) is 7.72. The highest BCUT2D eigenvalue weighted by atomic mass is 16.6. The van der Waals surface area contributed by atoms with Crippen LogP contribution in [0.3, 0.4) is 0 Å². The first-order valence-corrected chi connectivity index (χ1v) is 11.3. The van der Waals surface area contributed by atoms with E-state index in [0.717, 1.165) is 39.5 Å². The Morgan fingerprint density at radius 1 is 0.909 bits per heavy atom. The molecule has 33 heavy (non-hydrogen) atoms. The molecule has 2 aromatic rings. The molecule has 4 heterocycles. The average Bonchev–Trinajstić information content (AvgIpc) is 3.64. The Kier molecular flexibility index (Phi) is 5.12. The minimum Gasteiger partial charge on any atom is -0.496 e. The second-order valence-corrected chi connectivity index (χ2v) is 8.60. The molecular formula is C26H30O7. The molecule has 0 aliphatic carbocycles. The van der Waals surface area contributed by atoms with Gasteiger partial charge in [0.1, 0.15) is 47.4 Å². The van der Waals surface area contributed by atoms with Crippen LogP contribution in [0, 0.1) is 0 Å². The molecule has 1 fully saturated rings. The number of fused-ring (bicyclic) bond motifs is 8. The lowest BCUT2D eigenvalue weighted by molar-refractivity contribution is 0.0714. The summed E-state index contributed by atoms with van der Waals surface area (Å²) in [5, 5.41) is 0. The van der Waals surface area contributed by atoms with Gasteiger partial charge in [0.15, 0.2) is 17.6 Å². The molecule has 7 nitrogen and oxygen atoms in total. The van der Waals surface area contributed by atoms with Crippen molar-refractivity contribution in [2.75, 3.05) is 27.9 Å². The van der Waals surface area contributed by atoms with Crippen LogP contribution in [0.15, 0.2) is 24.3 Å². The summed E-state index contributed by atoms with van der Waals surface area (Å²) in [6.07, 6.45) is -0.340. The fourth-order valence-electron chi connectivity index (χ4n) is 4.93. The minimum atomic E-state index is -0.367. The van der Waals surface area contributed by atoms with Crippen molar-refractivity contribution in [1.29, 1.82) is 0 Å². The summed E-state index contributed by atoms with van der Waals surface area (Å²) < 4.78 is 41.7. The normalized spacial score (nSPS) is 24.5. The monoisotopic (exact) mass is 454 g/mol. The minimum absolute atomic E-state index is 0.0199. The third-order valence-corrected chi connectivity index (χ3v) is 6.43. The number of epoxide rings is 1. The van der Waals surface area contributed by atoms with Gasteiger partial charge in [0.2, 0.25) is 0 Å². The summed E-state index contributed by atoms with van der Waals surface area (Å²) in [7, 11) is 4.90. The van der Waals surface area contributed by atoms with Crippen LogP contribution >= 0.6 is 0 Å². The van der Waals surface area contributed by atoms with Gasteiger partial charge in [-0.1, -0.05) is 13.8 Å². The lowest BCUT2D eigenvalue weighted by Gasteiger charge is -2.37. The van der Waals surface area contributed by atoms with Crippen molar-refractivity contribution in [2.24, 2.45) is 0 Å². The van der Waals surface area contributed by atoms with Crippen molar-refractivity contribution >= 4 is 11.3 Å². The van der Waals surface area contributed by atoms with Crippen molar-refractivity contribution in [3.63, 3.8) is 0 Å². The van der Waals surface area contributed by atoms with Crippen molar-refractivity contribution < 1.29 is 33.2 Å². The van der Waals surface area contributed by atoms with E-state index in [9.17, 15) is 0 Å². The number of hydrogen-bond acceptors (Lipinski definition) is 7. The summed E-state index contributed by atoms with van der Waals surface area (Å²) in [4.78, 5) is 0. The first-order chi connectivity index (χ1) is 16.0. The molecule has 1 saturated heterocycles. The van der Waals surface area contributed by atoms with E-state index in [1.165, 1.54) is 0 Å². The van der Waals surface area contributed by atoms with Crippen LogP contribution in [0.25, 0.3) is 11.3 Å². The molecule has 3 atom stereocenters. The predicted octanol–water partition coefficient (Wildman–Crippen LogP) is 5.01. The Hall–Kier alpha value is -3.06. The molecule has 2 unspecified atom stereocenters. The molecular weight excluding hydrogens is 424 g/mol. The van der Waals surface area contributed by atoms with Gasteiger partial charge in [-0.15, -0.1) is 0 Å². The van der Waals surface area contributed by atoms with Crippen LogP contribution in [0.1, 0.15) is 50.5 Å². The molecule has 4 aliphatic heterocycles. The summed E-state index contributed by atoms with van der Waals surface area (Å²) in [5.74, 6) is 4.24. The van der Waals surface area contributed by atoms with E-state index in [0.29, 0.717) is 23.9 Å². The van der Waals surface area contributed by atoms with E-state index < -0.39 is 0 Å². The molecule has 0 amide bonds. The van der Waals surface area contributed by atoms with Crippen molar-refractivity contribution in [3.8, 4) is 28.7 Å². The van der Waals surface area contributed by atoms with Gasteiger partial charge in [-0.05, 0) is 32.0 Å². The highest BCUT2D eigenvalue weighted by Crippen LogP contribution is 2.59. The molecule has 0 radical (unpaired) electrons. The smallest absolute Gasteiger partial charge is 0.164 e. The van der Waals surface area contributed by atoms with Crippen molar-refractivity contribution in [1.82, 2.24) is 0 Å². The van der Waals surface area contributed by atoms with Gasteiger partial charge in [-0.25, -0.2) is 0 Å². The standard InChI is InChI=1S/C24H24O7.C2H6/c1-24(2)23-22(30-23)19-13(31-24)7-6-11-20(27-5)18-12-8-15(25-3)16(26-4)9-14(12)28-10-17(18)29-21(11)19;1-2/h6-9,17,22-23H,10H2,1-5H3;1-2H3/t17-,22?,23?;/m1./s1. The first-order valence-electron chi connectivity index (χ1n) is 11.3. The third kappa shape index (κ3) is 3.13.